The highest BCUT2D eigenvalue weighted by molar-refractivity contribution is 6.32. The number of aryl methyl sites for hydroxylation is 1. The van der Waals surface area contributed by atoms with E-state index >= 15 is 0 Å². The highest BCUT2D eigenvalue weighted by Gasteiger charge is 2.38. The lowest BCUT2D eigenvalue weighted by Gasteiger charge is -2.46. The number of nitrogen functional groups attached to an aromatic ring is 1. The molecule has 1 unspecified atom stereocenters. The Labute approximate surface area is 203 Å². The molecule has 3 aromatic rings. The van der Waals surface area contributed by atoms with Gasteiger partial charge in [0.25, 0.3) is 0 Å². The van der Waals surface area contributed by atoms with Gasteiger partial charge < -0.3 is 15.2 Å². The molecule has 1 atom stereocenters. The topological polar surface area (TPSA) is 115 Å². The predicted octanol–water partition coefficient (Wildman–Crippen LogP) is 3.44. The van der Waals surface area contributed by atoms with Crippen molar-refractivity contribution in [3.8, 4) is 11.8 Å². The number of rotatable bonds is 5. The molecule has 2 aliphatic rings. The molecule has 2 aliphatic heterocycles. The number of aromatic nitrogens is 4. The van der Waals surface area contributed by atoms with Crippen LogP contribution in [0, 0.1) is 18.3 Å². The molecule has 10 heteroatoms. The number of nitrogens with zero attached hydrogens (tertiary/aromatic N) is 6. The summed E-state index contributed by atoms with van der Waals surface area (Å²) in [5, 5.41) is 15.8. The minimum atomic E-state index is -0.254. The van der Waals surface area contributed by atoms with E-state index in [2.05, 4.69) is 20.9 Å². The number of nitriles is 1. The van der Waals surface area contributed by atoms with Crippen molar-refractivity contribution in [2.45, 2.75) is 44.7 Å². The molecule has 0 saturated carbocycles. The molecule has 0 amide bonds. The van der Waals surface area contributed by atoms with Gasteiger partial charge in [-0.05, 0) is 32.8 Å². The van der Waals surface area contributed by atoms with Crippen LogP contribution in [0.2, 0.25) is 5.02 Å². The Morgan fingerprint density at radius 3 is 2.71 bits per heavy atom. The van der Waals surface area contributed by atoms with Crippen LogP contribution in [-0.4, -0.2) is 64.1 Å². The van der Waals surface area contributed by atoms with Crippen LogP contribution in [0.5, 0.6) is 5.75 Å². The fraction of sp³-hybridized carbons (Fsp3) is 0.500. The third-order valence-electron chi connectivity index (χ3n) is 7.15. The Bertz CT molecular complexity index is 1270. The first kappa shape index (κ1) is 22.8. The second-order valence-electron chi connectivity index (χ2n) is 9.04. The van der Waals surface area contributed by atoms with Crippen LogP contribution < -0.4 is 10.5 Å². The van der Waals surface area contributed by atoms with Gasteiger partial charge in [0.05, 0.1) is 34.8 Å². The highest BCUT2D eigenvalue weighted by atomic mass is 35.5. The number of methoxy groups -OCH3 is 1. The normalized spacial score (nSPS) is 18.6. The second kappa shape index (κ2) is 9.02. The van der Waals surface area contributed by atoms with Crippen molar-refractivity contribution < 1.29 is 9.47 Å². The number of hydrogen-bond acceptors (Lipinski definition) is 8. The Hall–Kier alpha value is -2.93. The number of ether oxygens (including phenoxy) is 2. The van der Waals surface area contributed by atoms with Crippen molar-refractivity contribution in [3.63, 3.8) is 0 Å². The van der Waals surface area contributed by atoms with Crippen LogP contribution >= 0.6 is 11.6 Å². The van der Waals surface area contributed by atoms with Crippen molar-refractivity contribution in [2.24, 2.45) is 0 Å². The first-order valence-electron chi connectivity index (χ1n) is 11.5. The van der Waals surface area contributed by atoms with E-state index in [0.29, 0.717) is 33.8 Å². The summed E-state index contributed by atoms with van der Waals surface area (Å²) in [6, 6.07) is 4.41. The Kier molecular flexibility index (Phi) is 6.06. The number of nitrogens with two attached hydrogens (primary N) is 1. The quantitative estimate of drug-likeness (QED) is 0.589. The molecule has 2 aromatic heterocycles. The van der Waals surface area contributed by atoms with Crippen LogP contribution in [0.4, 0.5) is 5.82 Å². The van der Waals surface area contributed by atoms with Gasteiger partial charge in [-0.2, -0.15) is 10.4 Å². The zero-order chi connectivity index (χ0) is 24.0. The van der Waals surface area contributed by atoms with Gasteiger partial charge in [-0.15, -0.1) is 0 Å². The van der Waals surface area contributed by atoms with Gasteiger partial charge in [0, 0.05) is 49.4 Å². The van der Waals surface area contributed by atoms with E-state index in [1.54, 1.807) is 7.11 Å². The molecule has 1 aromatic carbocycles. The minimum absolute atomic E-state index is 0.172. The second-order valence-corrected chi connectivity index (χ2v) is 9.45. The van der Waals surface area contributed by atoms with Crippen LogP contribution in [0.1, 0.15) is 54.1 Å². The molecular formula is C24H28ClN7O2. The zero-order valence-electron chi connectivity index (χ0n) is 19.6. The van der Waals surface area contributed by atoms with Gasteiger partial charge in [0.1, 0.15) is 24.0 Å². The van der Waals surface area contributed by atoms with E-state index < -0.39 is 0 Å². The lowest BCUT2D eigenvalue weighted by molar-refractivity contribution is 0.00125. The first-order chi connectivity index (χ1) is 16.4. The molecular weight excluding hydrogens is 454 g/mol. The van der Waals surface area contributed by atoms with Crippen molar-refractivity contribution in [1.29, 1.82) is 5.26 Å². The van der Waals surface area contributed by atoms with Gasteiger partial charge in [-0.25, -0.2) is 14.6 Å². The summed E-state index contributed by atoms with van der Waals surface area (Å²) < 4.78 is 13.3. The Morgan fingerprint density at radius 2 is 2.03 bits per heavy atom. The number of likely N-dealkylation sites (tertiary alicyclic amines) is 1. The number of fused-ring (bicyclic) bond motifs is 1. The maximum atomic E-state index is 9.96. The minimum Gasteiger partial charge on any atom is -0.496 e. The fourth-order valence-corrected chi connectivity index (χ4v) is 5.59. The summed E-state index contributed by atoms with van der Waals surface area (Å²) in [5.41, 5.74) is 9.72. The Balaban J connectivity index is 1.55. The van der Waals surface area contributed by atoms with E-state index in [4.69, 9.17) is 31.9 Å². The van der Waals surface area contributed by atoms with Gasteiger partial charge in [0.2, 0.25) is 0 Å². The van der Waals surface area contributed by atoms with E-state index in [-0.39, 0.29) is 12.0 Å². The van der Waals surface area contributed by atoms with Crippen molar-refractivity contribution in [1.82, 2.24) is 24.6 Å². The maximum absolute atomic E-state index is 9.96. The molecule has 5 rings (SSSR count). The van der Waals surface area contributed by atoms with E-state index in [9.17, 15) is 5.26 Å². The summed E-state index contributed by atoms with van der Waals surface area (Å²) in [6.45, 7) is 7.27. The summed E-state index contributed by atoms with van der Waals surface area (Å²) in [4.78, 5) is 11.0. The third-order valence-corrected chi connectivity index (χ3v) is 7.45. The molecule has 2 N–H and O–H groups in total. The molecule has 4 heterocycles. The monoisotopic (exact) mass is 481 g/mol. The number of anilines is 1. The average Bonchev–Trinajstić information content (AvgIpc) is 3.16. The molecule has 178 valence electrons. The van der Waals surface area contributed by atoms with E-state index in [0.717, 1.165) is 61.4 Å². The van der Waals surface area contributed by atoms with Crippen molar-refractivity contribution in [3.05, 3.63) is 39.8 Å². The van der Waals surface area contributed by atoms with Crippen molar-refractivity contribution >= 4 is 28.5 Å². The third kappa shape index (κ3) is 3.66. The van der Waals surface area contributed by atoms with E-state index in [1.807, 2.05) is 24.6 Å². The molecule has 0 radical (unpaired) electrons. The van der Waals surface area contributed by atoms with Crippen LogP contribution in [0.15, 0.2) is 12.4 Å². The zero-order valence-corrected chi connectivity index (χ0v) is 20.3. The SMILES string of the molecule is COc1c(C(C)n2nc(C)c3c(N)ncnc32)cc(Cl)c(C#N)c1C1CN(C2CCOCC2)C1. The van der Waals surface area contributed by atoms with Crippen molar-refractivity contribution in [2.75, 3.05) is 39.1 Å². The van der Waals surface area contributed by atoms with Crippen LogP contribution in [0.25, 0.3) is 11.0 Å². The number of benzene rings is 1. The summed E-state index contributed by atoms with van der Waals surface area (Å²) in [5.74, 6) is 1.26. The number of halogens is 1. The summed E-state index contributed by atoms with van der Waals surface area (Å²) in [7, 11) is 1.64. The van der Waals surface area contributed by atoms with Gasteiger partial charge >= 0.3 is 0 Å². The van der Waals surface area contributed by atoms with Gasteiger partial charge in [-0.3, -0.25) is 4.90 Å². The molecule has 0 spiro atoms. The average molecular weight is 482 g/mol. The standard InChI is InChI=1S/C24H28ClN7O2/c1-13-20-23(27)28-12-29-24(20)32(30-13)14(2)17-8-19(25)18(9-26)21(22(17)33-3)15-10-31(11-15)16-4-6-34-7-5-16/h8,12,14-16H,4-7,10-11H2,1-3H3,(H2,27,28,29). The molecule has 9 nitrogen and oxygen atoms in total. The summed E-state index contributed by atoms with van der Waals surface area (Å²) >= 11 is 6.67. The molecule has 34 heavy (non-hydrogen) atoms. The van der Waals surface area contributed by atoms with Gasteiger partial charge in [-0.1, -0.05) is 11.6 Å². The summed E-state index contributed by atoms with van der Waals surface area (Å²) in [6.07, 6.45) is 3.53. The highest BCUT2D eigenvalue weighted by Crippen LogP contribution is 2.45. The molecule has 2 saturated heterocycles. The molecule has 0 bridgehead atoms. The van der Waals surface area contributed by atoms with E-state index in [1.165, 1.54) is 6.33 Å². The lowest BCUT2D eigenvalue weighted by atomic mass is 9.83. The Morgan fingerprint density at radius 1 is 1.29 bits per heavy atom. The maximum Gasteiger partial charge on any atom is 0.164 e. The first-order valence-corrected chi connectivity index (χ1v) is 11.9. The van der Waals surface area contributed by atoms with Crippen LogP contribution in [0.3, 0.4) is 0 Å². The largest absolute Gasteiger partial charge is 0.496 e. The van der Waals surface area contributed by atoms with Crippen LogP contribution in [-0.2, 0) is 4.74 Å². The predicted molar refractivity (Wildman–Crippen MR) is 129 cm³/mol. The molecule has 0 aliphatic carbocycles. The fourth-order valence-electron chi connectivity index (χ4n) is 5.33. The number of hydrogen-bond donors (Lipinski definition) is 1. The smallest absolute Gasteiger partial charge is 0.164 e. The molecule has 2 fully saturated rings. The van der Waals surface area contributed by atoms with Gasteiger partial charge in [0.15, 0.2) is 5.65 Å². The lowest BCUT2D eigenvalue weighted by Crippen LogP contribution is -2.52.